The molecule has 5 N–H and O–H groups in total. The number of ether oxygens (including phenoxy) is 2. The lowest BCUT2D eigenvalue weighted by Gasteiger charge is -2.33. The molecule has 59 heavy (non-hydrogen) atoms. The number of aromatic hydroxyl groups is 1. The molecule has 2 aliphatic heterocycles. The van der Waals surface area contributed by atoms with Crippen LogP contribution in [0.5, 0.6) is 11.5 Å². The summed E-state index contributed by atoms with van der Waals surface area (Å²) in [6, 6.07) is 31.9. The number of esters is 1. The van der Waals surface area contributed by atoms with Crippen molar-refractivity contribution in [3.05, 3.63) is 142 Å². The van der Waals surface area contributed by atoms with E-state index in [1.165, 1.54) is 17.7 Å². The van der Waals surface area contributed by atoms with E-state index in [1.807, 2.05) is 17.0 Å². The first-order valence-corrected chi connectivity index (χ1v) is 20.6. The van der Waals surface area contributed by atoms with Crippen molar-refractivity contribution in [2.75, 3.05) is 52.5 Å². The fraction of sp³-hybridized carbons (Fsp3) is 0.383. The number of fused-ring (bicyclic) bond motifs is 1. The number of hydrogen-bond donors (Lipinski definition) is 5. The van der Waals surface area contributed by atoms with E-state index >= 15 is 0 Å². The van der Waals surface area contributed by atoms with Gasteiger partial charge in [0, 0.05) is 43.2 Å². The van der Waals surface area contributed by atoms with Crippen LogP contribution in [0.25, 0.3) is 10.9 Å². The van der Waals surface area contributed by atoms with Crippen LogP contribution in [-0.2, 0) is 26.5 Å². The monoisotopic (exact) mass is 802 g/mol. The molecule has 0 aliphatic carbocycles. The largest absolute Gasteiger partial charge is 0.506 e. The van der Waals surface area contributed by atoms with Crippen LogP contribution in [0.4, 0.5) is 0 Å². The van der Waals surface area contributed by atoms with Crippen LogP contribution in [0, 0.1) is 11.8 Å². The van der Waals surface area contributed by atoms with Gasteiger partial charge in [0.2, 0.25) is 11.2 Å². The molecule has 3 heterocycles. The maximum Gasteiger partial charge on any atom is 0.347 e. The van der Waals surface area contributed by atoms with Crippen LogP contribution in [0.15, 0.2) is 114 Å². The number of phenolic OH excluding ortho intramolecular Hbond substituents is 1. The van der Waals surface area contributed by atoms with E-state index in [0.29, 0.717) is 65.4 Å². The SMILES string of the molecule is O=C(COc1cccc(C(O)(C(=O)OCC2CCN(Cc3ccccc3)CC2)c2ccccc2)c1)N1CCC(CCNC[C@H](O)c2ccc(O)c3[nH]c(=O)ccc23)CC1. The smallest absolute Gasteiger partial charge is 0.347 e. The Morgan fingerprint density at radius 1 is 0.831 bits per heavy atom. The number of benzene rings is 4. The predicted molar refractivity (Wildman–Crippen MR) is 225 cm³/mol. The number of carbonyl (C=O) groups is 2. The molecule has 1 aromatic heterocycles. The number of phenols is 1. The standard InChI is InChI=1S/C47H54N4O8/c52-41-16-14-39(40-15-17-43(54)49-45(40)41)42(53)29-48-23-18-33-21-26-51(27-22-33)44(55)32-58-38-13-7-12-37(28-38)47(57,36-10-5-2-6-11-36)46(56)59-31-35-19-24-50(25-20-35)30-34-8-3-1-4-9-34/h1-17,28,33,35,42,48,52-53,57H,18-27,29-32H2,(H,49,54)/t42-,47?/m0/s1. The first-order chi connectivity index (χ1) is 28.7. The maximum absolute atomic E-state index is 13.8. The summed E-state index contributed by atoms with van der Waals surface area (Å²) >= 11 is 0. The van der Waals surface area contributed by atoms with Gasteiger partial charge in [-0.25, -0.2) is 4.79 Å². The molecule has 2 saturated heterocycles. The third kappa shape index (κ3) is 10.4. The third-order valence-corrected chi connectivity index (χ3v) is 11.8. The van der Waals surface area contributed by atoms with Gasteiger partial charge >= 0.3 is 5.97 Å². The van der Waals surface area contributed by atoms with E-state index in [-0.39, 0.29) is 36.3 Å². The fourth-order valence-corrected chi connectivity index (χ4v) is 8.26. The van der Waals surface area contributed by atoms with Crippen LogP contribution in [-0.4, -0.2) is 94.5 Å². The number of aliphatic hydroxyl groups excluding tert-OH is 1. The second-order valence-corrected chi connectivity index (χ2v) is 15.8. The van der Waals surface area contributed by atoms with Gasteiger partial charge in [0.15, 0.2) is 6.61 Å². The molecule has 12 heteroatoms. The van der Waals surface area contributed by atoms with Crippen molar-refractivity contribution in [2.24, 2.45) is 11.8 Å². The summed E-state index contributed by atoms with van der Waals surface area (Å²) in [4.78, 5) is 45.7. The summed E-state index contributed by atoms with van der Waals surface area (Å²) in [7, 11) is 0. The Morgan fingerprint density at radius 3 is 2.27 bits per heavy atom. The van der Waals surface area contributed by atoms with Crippen molar-refractivity contribution in [1.82, 2.24) is 20.1 Å². The molecule has 1 unspecified atom stereocenters. The number of aliphatic hydroxyl groups is 2. The Hall–Kier alpha value is -5.53. The molecule has 2 atom stereocenters. The molecule has 2 fully saturated rings. The van der Waals surface area contributed by atoms with Crippen LogP contribution < -0.4 is 15.6 Å². The second-order valence-electron chi connectivity index (χ2n) is 15.8. The summed E-state index contributed by atoms with van der Waals surface area (Å²) in [5.41, 5.74) is 0.484. The number of piperidine rings is 2. The van der Waals surface area contributed by atoms with E-state index < -0.39 is 17.7 Å². The highest BCUT2D eigenvalue weighted by atomic mass is 16.5. The number of aromatic nitrogens is 1. The van der Waals surface area contributed by atoms with Gasteiger partial charge in [0.25, 0.3) is 5.91 Å². The maximum atomic E-state index is 13.8. The number of hydrogen-bond acceptors (Lipinski definition) is 10. The normalized spacial score (nSPS) is 17.0. The molecule has 2 aliphatic rings. The lowest BCUT2D eigenvalue weighted by Crippen LogP contribution is -2.41. The first kappa shape index (κ1) is 41.6. The molecule has 0 saturated carbocycles. The summed E-state index contributed by atoms with van der Waals surface area (Å²) < 4.78 is 11.8. The molecule has 0 spiro atoms. The molecule has 12 nitrogen and oxygen atoms in total. The predicted octanol–water partition coefficient (Wildman–Crippen LogP) is 5.26. The summed E-state index contributed by atoms with van der Waals surface area (Å²) in [5, 5.41) is 37.1. The number of rotatable bonds is 16. The van der Waals surface area contributed by atoms with Crippen LogP contribution in [0.2, 0.25) is 0 Å². The highest BCUT2D eigenvalue weighted by Crippen LogP contribution is 2.34. The van der Waals surface area contributed by atoms with Gasteiger partial charge < -0.3 is 40.0 Å². The molecular formula is C47H54N4O8. The number of pyridine rings is 1. The molecule has 5 aromatic rings. The minimum Gasteiger partial charge on any atom is -0.506 e. The lowest BCUT2D eigenvalue weighted by molar-refractivity contribution is -0.164. The van der Waals surface area contributed by atoms with Crippen molar-refractivity contribution in [3.63, 3.8) is 0 Å². The second kappa shape index (κ2) is 19.5. The van der Waals surface area contributed by atoms with Crippen molar-refractivity contribution in [2.45, 2.75) is 50.4 Å². The van der Waals surface area contributed by atoms with Gasteiger partial charge in [-0.1, -0.05) is 78.9 Å². The Bertz CT molecular complexity index is 2220. The Kier molecular flexibility index (Phi) is 13.7. The summed E-state index contributed by atoms with van der Waals surface area (Å²) in [6.07, 6.45) is 3.56. The number of H-pyrrole nitrogens is 1. The minimum atomic E-state index is -2.07. The molecular weight excluding hydrogens is 749 g/mol. The molecule has 0 bridgehead atoms. The highest BCUT2D eigenvalue weighted by Gasteiger charge is 2.42. The van der Waals surface area contributed by atoms with Crippen molar-refractivity contribution in [3.8, 4) is 11.5 Å². The van der Waals surface area contributed by atoms with Crippen LogP contribution in [0.1, 0.15) is 60.5 Å². The van der Waals surface area contributed by atoms with E-state index in [1.54, 1.807) is 60.7 Å². The Balaban J connectivity index is 0.866. The molecule has 7 rings (SSSR count). The summed E-state index contributed by atoms with van der Waals surface area (Å²) in [5.74, 6) is 0.0498. The molecule has 1 amide bonds. The first-order valence-electron chi connectivity index (χ1n) is 20.6. The van der Waals surface area contributed by atoms with E-state index in [4.69, 9.17) is 9.47 Å². The average Bonchev–Trinajstić information content (AvgIpc) is 3.27. The lowest BCUT2D eigenvalue weighted by atomic mass is 9.86. The van der Waals surface area contributed by atoms with E-state index in [0.717, 1.165) is 51.7 Å². The zero-order valence-corrected chi connectivity index (χ0v) is 33.3. The van der Waals surface area contributed by atoms with Crippen LogP contribution >= 0.6 is 0 Å². The highest BCUT2D eigenvalue weighted by molar-refractivity contribution is 5.87. The molecule has 0 radical (unpaired) electrons. The zero-order chi connectivity index (χ0) is 41.2. The topological polar surface area (TPSA) is 165 Å². The number of aromatic amines is 1. The number of carbonyl (C=O) groups excluding carboxylic acids is 2. The number of amides is 1. The third-order valence-electron chi connectivity index (χ3n) is 11.8. The van der Waals surface area contributed by atoms with E-state index in [2.05, 4.69) is 39.5 Å². The fourth-order valence-electron chi connectivity index (χ4n) is 8.26. The molecule has 310 valence electrons. The minimum absolute atomic E-state index is 0.0463. The van der Waals surface area contributed by atoms with Crippen LogP contribution in [0.3, 0.4) is 0 Å². The zero-order valence-electron chi connectivity index (χ0n) is 33.3. The summed E-state index contributed by atoms with van der Waals surface area (Å²) in [6.45, 7) is 4.99. The van der Waals surface area contributed by atoms with Gasteiger partial charge in [-0.2, -0.15) is 0 Å². The number of nitrogens with zero attached hydrogens (tertiary/aromatic N) is 2. The Morgan fingerprint density at radius 2 is 1.53 bits per heavy atom. The number of nitrogens with one attached hydrogen (secondary N) is 2. The van der Waals surface area contributed by atoms with E-state index in [9.17, 15) is 29.7 Å². The molecule has 4 aromatic carbocycles. The van der Waals surface area contributed by atoms with Gasteiger partial charge in [0.1, 0.15) is 11.5 Å². The Labute approximate surface area is 344 Å². The van der Waals surface area contributed by atoms with Gasteiger partial charge in [0.05, 0.1) is 18.2 Å². The van der Waals surface area contributed by atoms with Crippen molar-refractivity contribution >= 4 is 22.8 Å². The number of likely N-dealkylation sites (tertiary alicyclic amines) is 2. The van der Waals surface area contributed by atoms with Crippen molar-refractivity contribution in [1.29, 1.82) is 0 Å². The van der Waals surface area contributed by atoms with Gasteiger partial charge in [-0.3, -0.25) is 14.5 Å². The average molecular weight is 803 g/mol. The quantitative estimate of drug-likeness (QED) is 0.0658. The van der Waals surface area contributed by atoms with Gasteiger partial charge in [-0.05, 0) is 105 Å². The van der Waals surface area contributed by atoms with Gasteiger partial charge in [-0.15, -0.1) is 0 Å². The van der Waals surface area contributed by atoms with Crippen molar-refractivity contribution < 1.29 is 34.4 Å².